The van der Waals surface area contributed by atoms with Crippen molar-refractivity contribution in [3.8, 4) is 11.5 Å². The lowest BCUT2D eigenvalue weighted by Gasteiger charge is -2.19. The molecule has 1 atom stereocenters. The van der Waals surface area contributed by atoms with Crippen molar-refractivity contribution < 1.29 is 23.0 Å². The molecular weight excluding hydrogens is 320 g/mol. The van der Waals surface area contributed by atoms with E-state index in [-0.39, 0.29) is 11.4 Å². The van der Waals surface area contributed by atoms with Gasteiger partial charge in [0.2, 0.25) is 10.0 Å². The van der Waals surface area contributed by atoms with E-state index in [9.17, 15) is 13.5 Å². The first-order chi connectivity index (χ1) is 11.0. The zero-order valence-corrected chi connectivity index (χ0v) is 13.4. The molecule has 1 aromatic carbocycles. The van der Waals surface area contributed by atoms with Crippen molar-refractivity contribution in [1.82, 2.24) is 9.29 Å². The molecule has 1 aliphatic rings. The second-order valence-corrected chi connectivity index (χ2v) is 6.98. The summed E-state index contributed by atoms with van der Waals surface area (Å²) in [7, 11) is -1.96. The smallest absolute Gasteiger partial charge is 0.240 e. The molecule has 1 aliphatic heterocycles. The third-order valence-electron chi connectivity index (χ3n) is 3.62. The van der Waals surface area contributed by atoms with Crippen LogP contribution in [0.3, 0.4) is 0 Å². The number of benzene rings is 1. The van der Waals surface area contributed by atoms with Crippen LogP contribution in [-0.4, -0.2) is 37.8 Å². The molecule has 8 heteroatoms. The topological polar surface area (TPSA) is 89.8 Å². The van der Waals surface area contributed by atoms with E-state index in [0.717, 1.165) is 0 Å². The Bertz CT molecular complexity index is 800. The van der Waals surface area contributed by atoms with Crippen molar-refractivity contribution in [2.45, 2.75) is 11.0 Å². The molecule has 2 aromatic rings. The van der Waals surface area contributed by atoms with E-state index < -0.39 is 16.1 Å². The van der Waals surface area contributed by atoms with Gasteiger partial charge in [0.1, 0.15) is 19.3 Å². The number of aromatic nitrogens is 1. The van der Waals surface area contributed by atoms with E-state index in [0.29, 0.717) is 30.4 Å². The first-order valence-electron chi connectivity index (χ1n) is 7.16. The lowest BCUT2D eigenvalue weighted by atomic mass is 10.2. The lowest BCUT2D eigenvalue weighted by Crippen LogP contribution is -2.29. The minimum Gasteiger partial charge on any atom is -0.486 e. The number of hydrogen-bond acceptors (Lipinski definition) is 5. The number of aryl methyl sites for hydroxylation is 1. The van der Waals surface area contributed by atoms with Gasteiger partial charge in [0, 0.05) is 31.5 Å². The summed E-state index contributed by atoms with van der Waals surface area (Å²) >= 11 is 0. The molecule has 0 amide bonds. The summed E-state index contributed by atoms with van der Waals surface area (Å²) in [5.41, 5.74) is 0.634. The van der Waals surface area contributed by atoms with Gasteiger partial charge in [0.25, 0.3) is 0 Å². The molecule has 0 aliphatic carbocycles. The second kappa shape index (κ2) is 6.23. The number of sulfonamides is 1. The Hall–Kier alpha value is -2.03. The summed E-state index contributed by atoms with van der Waals surface area (Å²) in [5, 5.41) is 10.1. The molecule has 0 fully saturated rings. The van der Waals surface area contributed by atoms with Gasteiger partial charge in [-0.05, 0) is 24.3 Å². The van der Waals surface area contributed by atoms with E-state index >= 15 is 0 Å². The van der Waals surface area contributed by atoms with Gasteiger partial charge in [-0.3, -0.25) is 0 Å². The normalized spacial score (nSPS) is 15.4. The summed E-state index contributed by atoms with van der Waals surface area (Å²) in [6, 6.07) is 7.96. The van der Waals surface area contributed by atoms with E-state index in [2.05, 4.69) is 4.72 Å². The number of nitrogens with zero attached hydrogens (tertiary/aromatic N) is 1. The number of hydrogen-bond donors (Lipinski definition) is 2. The number of aliphatic hydroxyl groups is 1. The van der Waals surface area contributed by atoms with Gasteiger partial charge >= 0.3 is 0 Å². The zero-order valence-electron chi connectivity index (χ0n) is 12.6. The Kier molecular flexibility index (Phi) is 4.29. The summed E-state index contributed by atoms with van der Waals surface area (Å²) in [4.78, 5) is 0.0702. The predicted molar refractivity (Wildman–Crippen MR) is 83.0 cm³/mol. The van der Waals surface area contributed by atoms with Crippen molar-refractivity contribution in [2.24, 2.45) is 7.05 Å². The highest BCUT2D eigenvalue weighted by molar-refractivity contribution is 7.89. The van der Waals surface area contributed by atoms with Crippen LogP contribution >= 0.6 is 0 Å². The van der Waals surface area contributed by atoms with E-state index in [1.165, 1.54) is 12.1 Å². The third kappa shape index (κ3) is 3.34. The van der Waals surface area contributed by atoms with Crippen molar-refractivity contribution >= 4 is 10.0 Å². The minimum absolute atomic E-state index is 0.0702. The van der Waals surface area contributed by atoms with Crippen LogP contribution in [0.15, 0.2) is 41.4 Å². The van der Waals surface area contributed by atoms with E-state index in [1.807, 2.05) is 0 Å². The van der Waals surface area contributed by atoms with Gasteiger partial charge in [0.05, 0.1) is 4.90 Å². The Morgan fingerprint density at radius 2 is 2.00 bits per heavy atom. The molecule has 7 nitrogen and oxygen atoms in total. The Labute approximate surface area is 134 Å². The molecule has 2 heterocycles. The first kappa shape index (κ1) is 15.9. The Balaban J connectivity index is 1.73. The fraction of sp³-hybridized carbons (Fsp3) is 0.333. The zero-order chi connectivity index (χ0) is 16.4. The van der Waals surface area contributed by atoms with Gasteiger partial charge < -0.3 is 19.1 Å². The van der Waals surface area contributed by atoms with Crippen LogP contribution < -0.4 is 14.2 Å². The maximum atomic E-state index is 12.4. The van der Waals surface area contributed by atoms with Crippen LogP contribution in [0.2, 0.25) is 0 Å². The van der Waals surface area contributed by atoms with Gasteiger partial charge in [0.15, 0.2) is 11.5 Å². The molecule has 1 aromatic heterocycles. The summed E-state index contributed by atoms with van der Waals surface area (Å²) in [6.07, 6.45) is 0.857. The molecule has 23 heavy (non-hydrogen) atoms. The highest BCUT2D eigenvalue weighted by Crippen LogP contribution is 2.32. The number of nitrogens with one attached hydrogen (secondary N) is 1. The summed E-state index contributed by atoms with van der Waals surface area (Å²) in [5.74, 6) is 0.932. The molecule has 0 saturated heterocycles. The molecule has 2 N–H and O–H groups in total. The highest BCUT2D eigenvalue weighted by atomic mass is 32.2. The van der Waals surface area contributed by atoms with Gasteiger partial charge in [-0.15, -0.1) is 0 Å². The monoisotopic (exact) mass is 338 g/mol. The molecule has 0 radical (unpaired) electrons. The third-order valence-corrected chi connectivity index (χ3v) is 5.04. The SMILES string of the molecule is Cn1cccc1[C@H](O)CNS(=O)(=O)c1ccc2c(c1)OCCO2. The van der Waals surface area contributed by atoms with Crippen LogP contribution in [0.5, 0.6) is 11.5 Å². The average molecular weight is 338 g/mol. The predicted octanol–water partition coefficient (Wildman–Crippen LogP) is 0.808. The van der Waals surface area contributed by atoms with Crippen molar-refractivity contribution in [3.05, 3.63) is 42.2 Å². The van der Waals surface area contributed by atoms with Crippen molar-refractivity contribution in [3.63, 3.8) is 0 Å². The number of ether oxygens (including phenoxy) is 2. The fourth-order valence-electron chi connectivity index (χ4n) is 2.39. The van der Waals surface area contributed by atoms with Crippen LogP contribution in [0.1, 0.15) is 11.8 Å². The Morgan fingerprint density at radius 1 is 1.26 bits per heavy atom. The minimum atomic E-state index is -3.75. The maximum absolute atomic E-state index is 12.4. The molecule has 124 valence electrons. The van der Waals surface area contributed by atoms with Gasteiger partial charge in [-0.2, -0.15) is 0 Å². The molecule has 0 bridgehead atoms. The molecule has 0 saturated carbocycles. The van der Waals surface area contributed by atoms with Crippen molar-refractivity contribution in [2.75, 3.05) is 19.8 Å². The number of rotatable bonds is 5. The highest BCUT2D eigenvalue weighted by Gasteiger charge is 2.21. The first-order valence-corrected chi connectivity index (χ1v) is 8.64. The maximum Gasteiger partial charge on any atom is 0.240 e. The standard InChI is InChI=1S/C15H18N2O5S/c1-17-6-2-3-12(17)13(18)10-16-23(19,20)11-4-5-14-15(9-11)22-8-7-21-14/h2-6,9,13,16,18H,7-8,10H2,1H3/t13-/m1/s1. The summed E-state index contributed by atoms with van der Waals surface area (Å²) in [6.45, 7) is 0.713. The number of fused-ring (bicyclic) bond motifs is 1. The average Bonchev–Trinajstić information content (AvgIpc) is 2.98. The van der Waals surface area contributed by atoms with Crippen LogP contribution in [0, 0.1) is 0 Å². The fourth-order valence-corrected chi connectivity index (χ4v) is 3.44. The number of aliphatic hydroxyl groups excluding tert-OH is 1. The van der Waals surface area contributed by atoms with E-state index in [1.54, 1.807) is 36.0 Å². The van der Waals surface area contributed by atoms with Gasteiger partial charge in [-0.25, -0.2) is 13.1 Å². The molecular formula is C15H18N2O5S. The van der Waals surface area contributed by atoms with Crippen LogP contribution in [0.25, 0.3) is 0 Å². The van der Waals surface area contributed by atoms with Gasteiger partial charge in [-0.1, -0.05) is 0 Å². The van der Waals surface area contributed by atoms with E-state index in [4.69, 9.17) is 9.47 Å². The Morgan fingerprint density at radius 3 is 2.70 bits per heavy atom. The molecule has 3 rings (SSSR count). The van der Waals surface area contributed by atoms with Crippen LogP contribution in [0.4, 0.5) is 0 Å². The summed E-state index contributed by atoms with van der Waals surface area (Å²) < 4.78 is 39.6. The second-order valence-electron chi connectivity index (χ2n) is 5.22. The largest absolute Gasteiger partial charge is 0.486 e. The lowest BCUT2D eigenvalue weighted by molar-refractivity contribution is 0.171. The van der Waals surface area contributed by atoms with Crippen LogP contribution in [-0.2, 0) is 17.1 Å². The quantitative estimate of drug-likeness (QED) is 0.842. The van der Waals surface area contributed by atoms with Crippen molar-refractivity contribution in [1.29, 1.82) is 0 Å². The molecule has 0 spiro atoms. The molecule has 0 unspecified atom stereocenters.